The second-order valence-corrected chi connectivity index (χ2v) is 2.23. The Hall–Kier alpha value is -1.13. The minimum atomic E-state index is -1.46. The first-order chi connectivity index (χ1) is 5.13. The van der Waals surface area contributed by atoms with Crippen molar-refractivity contribution < 1.29 is 20.1 Å². The molecule has 0 fully saturated rings. The number of allylic oxidation sites excluding steroid dienone is 2. The molecule has 11 heavy (non-hydrogen) atoms. The van der Waals surface area contributed by atoms with E-state index in [1.165, 1.54) is 18.2 Å². The van der Waals surface area contributed by atoms with Crippen molar-refractivity contribution in [3.05, 3.63) is 23.8 Å². The molecule has 0 bridgehead atoms. The van der Waals surface area contributed by atoms with Gasteiger partial charge in [-0.05, 0) is 0 Å². The van der Waals surface area contributed by atoms with Crippen molar-refractivity contribution in [1.82, 2.24) is 0 Å². The molecule has 0 aliphatic heterocycles. The summed E-state index contributed by atoms with van der Waals surface area (Å²) in [6, 6.07) is 0. The molecular formula is C7H7O4-. The molecule has 1 rings (SSSR count). The molecule has 0 saturated heterocycles. The Kier molecular flexibility index (Phi) is 2.07. The predicted molar refractivity (Wildman–Crippen MR) is 34.2 cm³/mol. The van der Waals surface area contributed by atoms with Gasteiger partial charge in [0.1, 0.15) is 12.2 Å². The predicted octanol–water partition coefficient (Wildman–Crippen LogP) is -2.05. The molecule has 1 aliphatic carbocycles. The van der Waals surface area contributed by atoms with Crippen LogP contribution in [0.1, 0.15) is 0 Å². The first-order valence-electron chi connectivity index (χ1n) is 3.09. The maximum Gasteiger partial charge on any atom is 0.110 e. The summed E-state index contributed by atoms with van der Waals surface area (Å²) in [7, 11) is 0. The summed E-state index contributed by atoms with van der Waals surface area (Å²) in [5, 5.41) is 28.2. The zero-order valence-electron chi connectivity index (χ0n) is 5.60. The highest BCUT2D eigenvalue weighted by Crippen LogP contribution is 2.12. The average molecular weight is 155 g/mol. The zero-order valence-corrected chi connectivity index (χ0v) is 5.60. The quantitative estimate of drug-likeness (QED) is 0.457. The Morgan fingerprint density at radius 3 is 2.64 bits per heavy atom. The lowest BCUT2D eigenvalue weighted by Crippen LogP contribution is -2.37. The smallest absolute Gasteiger partial charge is 0.110 e. The fourth-order valence-corrected chi connectivity index (χ4v) is 0.850. The Bertz CT molecular complexity index is 229. The molecule has 0 amide bonds. The Balaban J connectivity index is 2.87. The summed E-state index contributed by atoms with van der Waals surface area (Å²) < 4.78 is 0. The third-order valence-electron chi connectivity index (χ3n) is 1.46. The van der Waals surface area contributed by atoms with Crippen LogP contribution in [-0.2, 0) is 4.79 Å². The van der Waals surface area contributed by atoms with Gasteiger partial charge in [0.2, 0.25) is 0 Å². The number of aliphatic carboxylic acids is 1. The lowest BCUT2D eigenvalue weighted by atomic mass is 10.00. The lowest BCUT2D eigenvalue weighted by Gasteiger charge is -2.21. The molecule has 60 valence electrons. The SMILES string of the molecule is O=C([O-])C1=CC=CC(O)C1O. The van der Waals surface area contributed by atoms with E-state index in [2.05, 4.69) is 0 Å². The van der Waals surface area contributed by atoms with Gasteiger partial charge in [-0.1, -0.05) is 18.2 Å². The van der Waals surface area contributed by atoms with E-state index in [-0.39, 0.29) is 5.57 Å². The van der Waals surface area contributed by atoms with Crippen molar-refractivity contribution >= 4 is 5.97 Å². The van der Waals surface area contributed by atoms with Crippen LogP contribution in [0.4, 0.5) is 0 Å². The van der Waals surface area contributed by atoms with Gasteiger partial charge in [-0.25, -0.2) is 0 Å². The Morgan fingerprint density at radius 1 is 1.55 bits per heavy atom. The maximum absolute atomic E-state index is 10.2. The van der Waals surface area contributed by atoms with Crippen molar-refractivity contribution in [2.45, 2.75) is 12.2 Å². The molecule has 2 unspecified atom stereocenters. The molecular weight excluding hydrogens is 148 g/mol. The highest BCUT2D eigenvalue weighted by atomic mass is 16.4. The third kappa shape index (κ3) is 1.47. The van der Waals surface area contributed by atoms with E-state index in [1.807, 2.05) is 0 Å². The minimum absolute atomic E-state index is 0.292. The van der Waals surface area contributed by atoms with E-state index >= 15 is 0 Å². The highest BCUT2D eigenvalue weighted by Gasteiger charge is 2.20. The van der Waals surface area contributed by atoms with Crippen molar-refractivity contribution in [3.8, 4) is 0 Å². The Morgan fingerprint density at radius 2 is 2.18 bits per heavy atom. The number of rotatable bonds is 1. The van der Waals surface area contributed by atoms with Crippen LogP contribution in [0.25, 0.3) is 0 Å². The summed E-state index contributed by atoms with van der Waals surface area (Å²) in [5.41, 5.74) is -0.292. The summed E-state index contributed by atoms with van der Waals surface area (Å²) in [4.78, 5) is 10.2. The van der Waals surface area contributed by atoms with Gasteiger partial charge in [0.15, 0.2) is 0 Å². The number of carbonyl (C=O) groups is 1. The molecule has 0 radical (unpaired) electrons. The van der Waals surface area contributed by atoms with Gasteiger partial charge >= 0.3 is 0 Å². The molecule has 2 atom stereocenters. The first-order valence-corrected chi connectivity index (χ1v) is 3.09. The van der Waals surface area contributed by atoms with E-state index in [4.69, 9.17) is 10.2 Å². The van der Waals surface area contributed by atoms with Crippen molar-refractivity contribution in [2.75, 3.05) is 0 Å². The lowest BCUT2D eigenvalue weighted by molar-refractivity contribution is -0.300. The van der Waals surface area contributed by atoms with E-state index < -0.39 is 18.2 Å². The summed E-state index contributed by atoms with van der Waals surface area (Å²) in [5.74, 6) is -1.46. The second kappa shape index (κ2) is 2.86. The fraction of sp³-hybridized carbons (Fsp3) is 0.286. The average Bonchev–Trinajstić information content (AvgIpc) is 1.94. The van der Waals surface area contributed by atoms with Crippen LogP contribution in [-0.4, -0.2) is 28.4 Å². The van der Waals surface area contributed by atoms with Gasteiger partial charge < -0.3 is 20.1 Å². The molecule has 0 heterocycles. The molecule has 0 aromatic carbocycles. The maximum atomic E-state index is 10.2. The van der Waals surface area contributed by atoms with Crippen LogP contribution in [0.15, 0.2) is 23.8 Å². The van der Waals surface area contributed by atoms with Crippen molar-refractivity contribution in [2.24, 2.45) is 0 Å². The van der Waals surface area contributed by atoms with Crippen molar-refractivity contribution in [3.63, 3.8) is 0 Å². The minimum Gasteiger partial charge on any atom is -0.545 e. The van der Waals surface area contributed by atoms with Crippen LogP contribution < -0.4 is 5.11 Å². The largest absolute Gasteiger partial charge is 0.545 e. The van der Waals surface area contributed by atoms with E-state index in [0.717, 1.165) is 0 Å². The van der Waals surface area contributed by atoms with Gasteiger partial charge in [-0.15, -0.1) is 0 Å². The van der Waals surface area contributed by atoms with E-state index in [1.54, 1.807) is 0 Å². The Labute approximate surface area is 63.1 Å². The van der Waals surface area contributed by atoms with Crippen LogP contribution in [0.5, 0.6) is 0 Å². The molecule has 4 heteroatoms. The number of hydrogen-bond acceptors (Lipinski definition) is 4. The molecule has 2 N–H and O–H groups in total. The zero-order chi connectivity index (χ0) is 8.43. The van der Waals surface area contributed by atoms with Gasteiger partial charge in [-0.2, -0.15) is 0 Å². The summed E-state index contributed by atoms with van der Waals surface area (Å²) in [6.07, 6.45) is 1.35. The standard InChI is InChI=1S/C7H8O4/c8-5-3-1-2-4(6(5)9)7(10)11/h1-3,5-6,8-9H,(H,10,11)/p-1. The van der Waals surface area contributed by atoms with Crippen molar-refractivity contribution in [1.29, 1.82) is 0 Å². The van der Waals surface area contributed by atoms with Crippen LogP contribution in [0.3, 0.4) is 0 Å². The normalized spacial score (nSPS) is 29.8. The van der Waals surface area contributed by atoms with Crippen LogP contribution in [0, 0.1) is 0 Å². The van der Waals surface area contributed by atoms with Gasteiger partial charge in [0, 0.05) is 5.57 Å². The molecule has 0 spiro atoms. The van der Waals surface area contributed by atoms with E-state index in [0.29, 0.717) is 0 Å². The molecule has 0 aromatic heterocycles. The van der Waals surface area contributed by atoms with Crippen LogP contribution >= 0.6 is 0 Å². The van der Waals surface area contributed by atoms with E-state index in [9.17, 15) is 9.90 Å². The van der Waals surface area contributed by atoms with Crippen LogP contribution in [0.2, 0.25) is 0 Å². The number of aliphatic hydroxyl groups excluding tert-OH is 2. The third-order valence-corrected chi connectivity index (χ3v) is 1.46. The van der Waals surface area contributed by atoms with Gasteiger partial charge in [-0.3, -0.25) is 0 Å². The first kappa shape index (κ1) is 7.97. The molecule has 0 aromatic rings. The monoisotopic (exact) mass is 155 g/mol. The van der Waals surface area contributed by atoms with Gasteiger partial charge in [0.25, 0.3) is 0 Å². The fourth-order valence-electron chi connectivity index (χ4n) is 0.850. The molecule has 1 aliphatic rings. The number of carbonyl (C=O) groups excluding carboxylic acids is 1. The number of aliphatic hydroxyl groups is 2. The highest BCUT2D eigenvalue weighted by molar-refractivity contribution is 5.86. The number of hydrogen-bond donors (Lipinski definition) is 2. The second-order valence-electron chi connectivity index (χ2n) is 2.23. The topological polar surface area (TPSA) is 80.6 Å². The number of carboxylic acid groups (broad SMARTS) is 1. The van der Waals surface area contributed by atoms with Gasteiger partial charge in [0.05, 0.1) is 5.97 Å². The summed E-state index contributed by atoms with van der Waals surface area (Å²) in [6.45, 7) is 0. The summed E-state index contributed by atoms with van der Waals surface area (Å²) >= 11 is 0. The molecule has 0 saturated carbocycles. The molecule has 4 nitrogen and oxygen atoms in total. The number of carboxylic acids is 1.